The van der Waals surface area contributed by atoms with Crippen LogP contribution < -0.4 is 5.32 Å². The van der Waals surface area contributed by atoms with Crippen LogP contribution in [0, 0.1) is 17.8 Å². The van der Waals surface area contributed by atoms with E-state index >= 15 is 0 Å². The first-order chi connectivity index (χ1) is 7.61. The van der Waals surface area contributed by atoms with Crippen LogP contribution in [-0.2, 0) is 0 Å². The van der Waals surface area contributed by atoms with E-state index in [0.717, 1.165) is 17.8 Å². The lowest BCUT2D eigenvalue weighted by Crippen LogP contribution is -2.35. The van der Waals surface area contributed by atoms with Crippen molar-refractivity contribution >= 4 is 0 Å². The Hall–Kier alpha value is -0.0400. The van der Waals surface area contributed by atoms with E-state index in [1.54, 1.807) is 0 Å². The maximum atomic E-state index is 3.64. The Kier molecular flexibility index (Phi) is 6.41. The molecule has 1 rings (SSSR count). The molecule has 1 N–H and O–H groups in total. The lowest BCUT2D eigenvalue weighted by molar-refractivity contribution is 0.218. The van der Waals surface area contributed by atoms with Gasteiger partial charge in [0.15, 0.2) is 0 Å². The molecule has 0 aromatic heterocycles. The summed E-state index contributed by atoms with van der Waals surface area (Å²) >= 11 is 0. The van der Waals surface area contributed by atoms with E-state index in [1.807, 2.05) is 0 Å². The molecule has 16 heavy (non-hydrogen) atoms. The van der Waals surface area contributed by atoms with Gasteiger partial charge < -0.3 is 5.32 Å². The molecule has 96 valence electrons. The molecule has 1 atom stereocenters. The molecule has 0 aromatic carbocycles. The zero-order chi connectivity index (χ0) is 12.0. The van der Waals surface area contributed by atoms with Gasteiger partial charge in [0, 0.05) is 6.04 Å². The van der Waals surface area contributed by atoms with Crippen molar-refractivity contribution < 1.29 is 0 Å². The Labute approximate surface area is 102 Å². The molecule has 0 amide bonds. The second kappa shape index (κ2) is 7.32. The molecule has 1 heteroatoms. The van der Waals surface area contributed by atoms with Crippen molar-refractivity contribution in [3.63, 3.8) is 0 Å². The van der Waals surface area contributed by atoms with E-state index < -0.39 is 0 Å². The van der Waals surface area contributed by atoms with E-state index in [4.69, 9.17) is 0 Å². The van der Waals surface area contributed by atoms with Crippen LogP contribution >= 0.6 is 0 Å². The summed E-state index contributed by atoms with van der Waals surface area (Å²) in [5, 5.41) is 3.64. The van der Waals surface area contributed by atoms with E-state index in [1.165, 1.54) is 45.1 Å². The smallest absolute Gasteiger partial charge is 0.00104 e. The quantitative estimate of drug-likeness (QED) is 0.691. The van der Waals surface area contributed by atoms with Gasteiger partial charge >= 0.3 is 0 Å². The highest BCUT2D eigenvalue weighted by molar-refractivity contribution is 4.77. The van der Waals surface area contributed by atoms with Crippen LogP contribution in [0.5, 0.6) is 0 Å². The summed E-state index contributed by atoms with van der Waals surface area (Å²) in [6.07, 6.45) is 8.83. The normalized spacial score (nSPS) is 21.4. The second-order valence-corrected chi connectivity index (χ2v) is 6.22. The summed E-state index contributed by atoms with van der Waals surface area (Å²) < 4.78 is 0. The average Bonchev–Trinajstić information content (AvgIpc) is 2.45. The maximum Gasteiger partial charge on any atom is 0.00104 e. The Morgan fingerprint density at radius 2 is 1.50 bits per heavy atom. The van der Waals surface area contributed by atoms with Crippen molar-refractivity contribution in [2.24, 2.45) is 17.8 Å². The minimum absolute atomic E-state index is 0.632. The molecule has 0 aromatic rings. The van der Waals surface area contributed by atoms with Gasteiger partial charge in [0.2, 0.25) is 0 Å². The van der Waals surface area contributed by atoms with Gasteiger partial charge in [0.05, 0.1) is 0 Å². The monoisotopic (exact) mass is 225 g/mol. The summed E-state index contributed by atoms with van der Waals surface area (Å²) in [7, 11) is 0. The Morgan fingerprint density at radius 1 is 0.938 bits per heavy atom. The van der Waals surface area contributed by atoms with Gasteiger partial charge in [-0.25, -0.2) is 0 Å². The van der Waals surface area contributed by atoms with Crippen LogP contribution in [0.2, 0.25) is 0 Å². The van der Waals surface area contributed by atoms with E-state index in [0.29, 0.717) is 6.04 Å². The van der Waals surface area contributed by atoms with Crippen molar-refractivity contribution in [1.29, 1.82) is 0 Å². The third-order valence-electron chi connectivity index (χ3n) is 4.12. The van der Waals surface area contributed by atoms with Crippen LogP contribution in [0.3, 0.4) is 0 Å². The fourth-order valence-corrected chi connectivity index (χ4v) is 3.06. The van der Waals surface area contributed by atoms with Gasteiger partial charge in [-0.1, -0.05) is 66.2 Å². The zero-order valence-corrected chi connectivity index (χ0v) is 11.8. The molecule has 0 spiro atoms. The molecule has 0 saturated heterocycles. The largest absolute Gasteiger partial charge is 0.314 e. The van der Waals surface area contributed by atoms with Gasteiger partial charge in [0.1, 0.15) is 0 Å². The highest BCUT2D eigenvalue weighted by atomic mass is 14.9. The molecule has 1 aliphatic carbocycles. The van der Waals surface area contributed by atoms with Crippen molar-refractivity contribution in [1.82, 2.24) is 5.32 Å². The molecule has 1 nitrogen and oxygen atoms in total. The van der Waals surface area contributed by atoms with Gasteiger partial charge in [-0.15, -0.1) is 0 Å². The Bertz CT molecular complexity index is 166. The van der Waals surface area contributed by atoms with Crippen LogP contribution in [0.4, 0.5) is 0 Å². The summed E-state index contributed by atoms with van der Waals surface area (Å²) in [4.78, 5) is 0. The summed E-state index contributed by atoms with van der Waals surface area (Å²) in [6, 6.07) is 0.632. The Morgan fingerprint density at radius 3 is 1.94 bits per heavy atom. The predicted molar refractivity (Wildman–Crippen MR) is 72.7 cm³/mol. The molecular weight excluding hydrogens is 194 g/mol. The van der Waals surface area contributed by atoms with Crippen molar-refractivity contribution in [2.45, 2.75) is 72.3 Å². The zero-order valence-electron chi connectivity index (χ0n) is 11.8. The van der Waals surface area contributed by atoms with Crippen LogP contribution in [0.1, 0.15) is 66.2 Å². The third kappa shape index (κ3) is 4.86. The fourth-order valence-electron chi connectivity index (χ4n) is 3.06. The summed E-state index contributed by atoms with van der Waals surface area (Å²) in [5.74, 6) is 2.70. The second-order valence-electron chi connectivity index (χ2n) is 6.22. The standard InChI is InChI=1S/C15H31N/c1-12(2)15(11-16-13(3)4)14-9-7-5-6-8-10-14/h12-16H,5-11H2,1-4H3. The van der Waals surface area contributed by atoms with E-state index in [-0.39, 0.29) is 0 Å². The van der Waals surface area contributed by atoms with Crippen LogP contribution in [0.15, 0.2) is 0 Å². The minimum atomic E-state index is 0.632. The summed E-state index contributed by atoms with van der Waals surface area (Å²) in [5.41, 5.74) is 0. The number of hydrogen-bond donors (Lipinski definition) is 1. The lowest BCUT2D eigenvalue weighted by Gasteiger charge is -2.30. The molecule has 0 aliphatic heterocycles. The molecular formula is C15H31N. The Balaban J connectivity index is 2.46. The predicted octanol–water partition coefficient (Wildman–Crippen LogP) is 4.23. The topological polar surface area (TPSA) is 12.0 Å². The molecule has 0 heterocycles. The number of hydrogen-bond acceptors (Lipinski definition) is 1. The summed E-state index contributed by atoms with van der Waals surface area (Å²) in [6.45, 7) is 10.5. The van der Waals surface area contributed by atoms with Crippen molar-refractivity contribution in [3.8, 4) is 0 Å². The number of nitrogens with one attached hydrogen (secondary N) is 1. The third-order valence-corrected chi connectivity index (χ3v) is 4.12. The first-order valence-corrected chi connectivity index (χ1v) is 7.34. The van der Waals surface area contributed by atoms with E-state index in [9.17, 15) is 0 Å². The minimum Gasteiger partial charge on any atom is -0.314 e. The van der Waals surface area contributed by atoms with Crippen molar-refractivity contribution in [3.05, 3.63) is 0 Å². The molecule has 0 radical (unpaired) electrons. The first-order valence-electron chi connectivity index (χ1n) is 7.34. The van der Waals surface area contributed by atoms with Crippen LogP contribution in [0.25, 0.3) is 0 Å². The van der Waals surface area contributed by atoms with Gasteiger partial charge in [0.25, 0.3) is 0 Å². The van der Waals surface area contributed by atoms with Gasteiger partial charge in [-0.05, 0) is 24.3 Å². The fraction of sp³-hybridized carbons (Fsp3) is 1.00. The maximum absolute atomic E-state index is 3.64. The highest BCUT2D eigenvalue weighted by Gasteiger charge is 2.25. The molecule has 1 fully saturated rings. The van der Waals surface area contributed by atoms with Gasteiger partial charge in [-0.2, -0.15) is 0 Å². The lowest BCUT2D eigenvalue weighted by atomic mass is 9.79. The van der Waals surface area contributed by atoms with Crippen LogP contribution in [-0.4, -0.2) is 12.6 Å². The SMILES string of the molecule is CC(C)NCC(C(C)C)C1CCCCCC1. The molecule has 0 bridgehead atoms. The number of rotatable bonds is 5. The molecule has 1 unspecified atom stereocenters. The molecule has 1 saturated carbocycles. The van der Waals surface area contributed by atoms with Gasteiger partial charge in [-0.3, -0.25) is 0 Å². The highest BCUT2D eigenvalue weighted by Crippen LogP contribution is 2.32. The average molecular weight is 225 g/mol. The first kappa shape index (κ1) is 14.0. The molecule has 1 aliphatic rings. The van der Waals surface area contributed by atoms with E-state index in [2.05, 4.69) is 33.0 Å². The van der Waals surface area contributed by atoms with Crippen molar-refractivity contribution in [2.75, 3.05) is 6.54 Å².